The average Bonchev–Trinajstić information content (AvgIpc) is 2.85. The summed E-state index contributed by atoms with van der Waals surface area (Å²) in [6.45, 7) is 7.18. The number of nitrogens with two attached hydrogens (primary N) is 1. The Balaban J connectivity index is 1.85. The van der Waals surface area contributed by atoms with E-state index >= 15 is 0 Å². The molecule has 3 heteroatoms. The van der Waals surface area contributed by atoms with E-state index in [9.17, 15) is 0 Å². The summed E-state index contributed by atoms with van der Waals surface area (Å²) in [5.74, 6) is 0.921. The van der Waals surface area contributed by atoms with Crippen LogP contribution in [0.4, 0.5) is 0 Å². The zero-order chi connectivity index (χ0) is 13.1. The number of hydrogen-bond donors (Lipinski definition) is 2. The van der Waals surface area contributed by atoms with Crippen molar-refractivity contribution in [3.8, 4) is 0 Å². The third-order valence-corrected chi connectivity index (χ3v) is 5.17. The molecule has 3 nitrogen and oxygen atoms in total. The Morgan fingerprint density at radius 2 is 2.00 bits per heavy atom. The lowest BCUT2D eigenvalue weighted by Crippen LogP contribution is -2.57. The molecule has 0 aromatic heterocycles. The van der Waals surface area contributed by atoms with E-state index in [1.165, 1.54) is 44.9 Å². The standard InChI is InChI=1S/C15H30N2O/c1-3-13-5-8-15(11-16,9-6-13)17-12-14(2)7-4-10-18-14/h13,17H,3-12,16H2,1-2H3. The molecule has 1 saturated carbocycles. The maximum absolute atomic E-state index is 6.05. The molecule has 0 aromatic rings. The molecule has 1 unspecified atom stereocenters. The molecule has 0 aromatic carbocycles. The van der Waals surface area contributed by atoms with Crippen LogP contribution in [0.3, 0.4) is 0 Å². The largest absolute Gasteiger partial charge is 0.374 e. The van der Waals surface area contributed by atoms with Gasteiger partial charge in [0.2, 0.25) is 0 Å². The molecule has 3 N–H and O–H groups in total. The molecular weight excluding hydrogens is 224 g/mol. The third-order valence-electron chi connectivity index (χ3n) is 5.17. The molecule has 2 fully saturated rings. The molecule has 106 valence electrons. The zero-order valence-electron chi connectivity index (χ0n) is 12.1. The lowest BCUT2D eigenvalue weighted by Gasteiger charge is -2.42. The van der Waals surface area contributed by atoms with Crippen molar-refractivity contribution in [1.29, 1.82) is 0 Å². The van der Waals surface area contributed by atoms with E-state index in [4.69, 9.17) is 10.5 Å². The van der Waals surface area contributed by atoms with Gasteiger partial charge in [-0.15, -0.1) is 0 Å². The van der Waals surface area contributed by atoms with E-state index in [1.807, 2.05) is 0 Å². The number of nitrogens with one attached hydrogen (secondary N) is 1. The van der Waals surface area contributed by atoms with Gasteiger partial charge in [0.1, 0.15) is 0 Å². The van der Waals surface area contributed by atoms with Gasteiger partial charge in [-0.3, -0.25) is 0 Å². The summed E-state index contributed by atoms with van der Waals surface area (Å²) in [5, 5.41) is 3.76. The minimum Gasteiger partial charge on any atom is -0.374 e. The fourth-order valence-corrected chi connectivity index (χ4v) is 3.44. The van der Waals surface area contributed by atoms with Crippen LogP contribution in [0.5, 0.6) is 0 Å². The molecule has 2 aliphatic rings. The van der Waals surface area contributed by atoms with Crippen molar-refractivity contribution in [2.75, 3.05) is 19.7 Å². The predicted octanol–water partition coefficient (Wildman–Crippen LogP) is 2.44. The highest BCUT2D eigenvalue weighted by molar-refractivity contribution is 4.96. The first-order valence-corrected chi connectivity index (χ1v) is 7.70. The third kappa shape index (κ3) is 3.25. The Morgan fingerprint density at radius 3 is 2.50 bits per heavy atom. The van der Waals surface area contributed by atoms with Gasteiger partial charge >= 0.3 is 0 Å². The van der Waals surface area contributed by atoms with Crippen LogP contribution in [0.15, 0.2) is 0 Å². The van der Waals surface area contributed by atoms with Crippen LogP contribution >= 0.6 is 0 Å². The Bertz CT molecular complexity index is 253. The van der Waals surface area contributed by atoms with Crippen LogP contribution in [0.1, 0.15) is 58.8 Å². The second kappa shape index (κ2) is 5.89. The lowest BCUT2D eigenvalue weighted by molar-refractivity contribution is 0.0108. The second-order valence-electron chi connectivity index (χ2n) is 6.59. The van der Waals surface area contributed by atoms with Gasteiger partial charge in [-0.1, -0.05) is 13.3 Å². The summed E-state index contributed by atoms with van der Waals surface area (Å²) in [6.07, 6.45) is 8.83. The van der Waals surface area contributed by atoms with E-state index in [0.29, 0.717) is 0 Å². The summed E-state index contributed by atoms with van der Waals surface area (Å²) in [7, 11) is 0. The Morgan fingerprint density at radius 1 is 1.28 bits per heavy atom. The van der Waals surface area contributed by atoms with Gasteiger partial charge in [0.05, 0.1) is 5.60 Å². The van der Waals surface area contributed by atoms with Gasteiger partial charge in [-0.2, -0.15) is 0 Å². The van der Waals surface area contributed by atoms with Crippen molar-refractivity contribution in [2.24, 2.45) is 11.7 Å². The van der Waals surface area contributed by atoms with Crippen molar-refractivity contribution in [3.63, 3.8) is 0 Å². The fraction of sp³-hybridized carbons (Fsp3) is 1.00. The molecule has 0 radical (unpaired) electrons. The smallest absolute Gasteiger partial charge is 0.0779 e. The highest BCUT2D eigenvalue weighted by atomic mass is 16.5. The minimum atomic E-state index is 0.0454. The lowest BCUT2D eigenvalue weighted by atomic mass is 9.75. The van der Waals surface area contributed by atoms with Crippen LogP contribution in [-0.4, -0.2) is 30.8 Å². The SMILES string of the molecule is CCC1CCC(CN)(NCC2(C)CCCO2)CC1. The van der Waals surface area contributed by atoms with Crippen molar-refractivity contribution in [1.82, 2.24) is 5.32 Å². The van der Waals surface area contributed by atoms with Gasteiger partial charge in [0, 0.05) is 25.2 Å². The molecular formula is C15H30N2O. The summed E-state index contributed by atoms with van der Waals surface area (Å²) >= 11 is 0. The minimum absolute atomic E-state index is 0.0454. The molecule has 2 rings (SSSR count). The van der Waals surface area contributed by atoms with Gasteiger partial charge < -0.3 is 15.8 Å². The van der Waals surface area contributed by atoms with Gasteiger partial charge in [-0.25, -0.2) is 0 Å². The predicted molar refractivity (Wildman–Crippen MR) is 75.6 cm³/mol. The van der Waals surface area contributed by atoms with Crippen LogP contribution in [0, 0.1) is 5.92 Å². The molecule has 0 amide bonds. The first kappa shape index (κ1) is 14.3. The monoisotopic (exact) mass is 254 g/mol. The molecule has 0 spiro atoms. The molecule has 18 heavy (non-hydrogen) atoms. The van der Waals surface area contributed by atoms with E-state index in [1.54, 1.807) is 0 Å². The van der Waals surface area contributed by atoms with Gasteiger partial charge in [0.15, 0.2) is 0 Å². The second-order valence-corrected chi connectivity index (χ2v) is 6.59. The normalized spacial score (nSPS) is 41.2. The highest BCUT2D eigenvalue weighted by Crippen LogP contribution is 2.34. The first-order chi connectivity index (χ1) is 8.61. The summed E-state index contributed by atoms with van der Waals surface area (Å²) in [5.41, 5.74) is 6.28. The van der Waals surface area contributed by atoms with E-state index in [2.05, 4.69) is 19.2 Å². The Labute approximate surface area is 112 Å². The van der Waals surface area contributed by atoms with Crippen molar-refractivity contribution in [2.45, 2.75) is 69.9 Å². The van der Waals surface area contributed by atoms with E-state index in [-0.39, 0.29) is 11.1 Å². The van der Waals surface area contributed by atoms with Crippen LogP contribution in [0.2, 0.25) is 0 Å². The quantitative estimate of drug-likeness (QED) is 0.792. The maximum atomic E-state index is 6.05. The van der Waals surface area contributed by atoms with E-state index < -0.39 is 0 Å². The van der Waals surface area contributed by atoms with Crippen molar-refractivity contribution >= 4 is 0 Å². The van der Waals surface area contributed by atoms with E-state index in [0.717, 1.165) is 25.6 Å². The number of ether oxygens (including phenoxy) is 1. The van der Waals surface area contributed by atoms with Crippen LogP contribution in [-0.2, 0) is 4.74 Å². The van der Waals surface area contributed by atoms with Gasteiger partial charge in [-0.05, 0) is 51.4 Å². The summed E-state index contributed by atoms with van der Waals surface area (Å²) in [4.78, 5) is 0. The van der Waals surface area contributed by atoms with Gasteiger partial charge in [0.25, 0.3) is 0 Å². The number of hydrogen-bond acceptors (Lipinski definition) is 3. The molecule has 1 saturated heterocycles. The highest BCUT2D eigenvalue weighted by Gasteiger charge is 2.37. The first-order valence-electron chi connectivity index (χ1n) is 7.70. The topological polar surface area (TPSA) is 47.3 Å². The summed E-state index contributed by atoms with van der Waals surface area (Å²) in [6, 6.07) is 0. The zero-order valence-corrected chi connectivity index (χ0v) is 12.1. The summed E-state index contributed by atoms with van der Waals surface area (Å²) < 4.78 is 5.86. The van der Waals surface area contributed by atoms with Crippen LogP contribution < -0.4 is 11.1 Å². The van der Waals surface area contributed by atoms with Crippen LogP contribution in [0.25, 0.3) is 0 Å². The molecule has 1 aliphatic carbocycles. The fourth-order valence-electron chi connectivity index (χ4n) is 3.44. The molecule has 1 heterocycles. The molecule has 0 bridgehead atoms. The average molecular weight is 254 g/mol. The Hall–Kier alpha value is -0.120. The maximum Gasteiger partial charge on any atom is 0.0779 e. The molecule has 1 aliphatic heterocycles. The van der Waals surface area contributed by atoms with Crippen molar-refractivity contribution in [3.05, 3.63) is 0 Å². The molecule has 1 atom stereocenters. The Kier molecular flexibility index (Phi) is 4.68. The van der Waals surface area contributed by atoms with Crippen molar-refractivity contribution < 1.29 is 4.74 Å². The number of rotatable bonds is 5.